The predicted octanol–water partition coefficient (Wildman–Crippen LogP) is 3.40. The number of hydrogen-bond donors (Lipinski definition) is 0. The summed E-state index contributed by atoms with van der Waals surface area (Å²) in [4.78, 5) is 4.76. The fourth-order valence-electron chi connectivity index (χ4n) is 2.34. The fourth-order valence-corrected chi connectivity index (χ4v) is 3.96. The molecule has 0 atom stereocenters. The number of fused-ring (bicyclic) bond motifs is 1. The molecule has 2 aromatic carbocycles. The van der Waals surface area contributed by atoms with E-state index in [-0.39, 0.29) is 10.8 Å². The Kier molecular flexibility index (Phi) is 3.29. The summed E-state index contributed by atoms with van der Waals surface area (Å²) in [6, 6.07) is 15.8. The summed E-state index contributed by atoms with van der Waals surface area (Å²) >= 11 is 0. The maximum Gasteiger partial charge on any atom is 0.269 e. The van der Waals surface area contributed by atoms with Gasteiger partial charge in [0.25, 0.3) is 10.0 Å². The van der Waals surface area contributed by atoms with Crippen LogP contribution in [-0.2, 0) is 10.0 Å². The third-order valence-electron chi connectivity index (χ3n) is 3.34. The first kappa shape index (κ1) is 13.8. The van der Waals surface area contributed by atoms with Crippen LogP contribution in [0, 0.1) is 0 Å². The Morgan fingerprint density at radius 2 is 1.57 bits per heavy atom. The van der Waals surface area contributed by atoms with Crippen molar-refractivity contribution in [3.63, 3.8) is 0 Å². The van der Waals surface area contributed by atoms with Gasteiger partial charge in [-0.3, -0.25) is 0 Å². The second-order valence-electron chi connectivity index (χ2n) is 5.20. The Bertz CT molecular complexity index is 881. The highest BCUT2D eigenvalue weighted by atomic mass is 32.2. The van der Waals surface area contributed by atoms with Crippen molar-refractivity contribution in [1.29, 1.82) is 0 Å². The molecule has 0 N–H and O–H groups in total. The third kappa shape index (κ3) is 2.23. The summed E-state index contributed by atoms with van der Waals surface area (Å²) in [6.45, 7) is 3.89. The molecule has 1 aromatic heterocycles. The highest BCUT2D eigenvalue weighted by Crippen LogP contribution is 2.26. The van der Waals surface area contributed by atoms with Crippen molar-refractivity contribution in [2.45, 2.75) is 24.7 Å². The number of nitrogens with zero attached hydrogens (tertiary/aromatic N) is 2. The Hall–Kier alpha value is -2.14. The van der Waals surface area contributed by atoms with Crippen LogP contribution in [0.3, 0.4) is 0 Å². The lowest BCUT2D eigenvalue weighted by Crippen LogP contribution is -2.16. The van der Waals surface area contributed by atoms with E-state index in [4.69, 9.17) is 0 Å². The normalized spacial score (nSPS) is 12.1. The molecule has 0 saturated carbocycles. The highest BCUT2D eigenvalue weighted by molar-refractivity contribution is 7.90. The van der Waals surface area contributed by atoms with Gasteiger partial charge in [-0.15, -0.1) is 0 Å². The monoisotopic (exact) mass is 300 g/mol. The van der Waals surface area contributed by atoms with E-state index in [0.29, 0.717) is 16.9 Å². The lowest BCUT2D eigenvalue weighted by molar-refractivity contribution is 0.583. The molecule has 3 rings (SSSR count). The first-order chi connectivity index (χ1) is 10.0. The zero-order valence-electron chi connectivity index (χ0n) is 11.9. The maximum atomic E-state index is 13.0. The Labute approximate surface area is 124 Å². The molecule has 0 fully saturated rings. The van der Waals surface area contributed by atoms with Crippen LogP contribution in [0.4, 0.5) is 0 Å². The maximum absolute atomic E-state index is 13.0. The lowest BCUT2D eigenvalue weighted by Gasteiger charge is -2.12. The van der Waals surface area contributed by atoms with Gasteiger partial charge in [-0.1, -0.05) is 44.2 Å². The van der Waals surface area contributed by atoms with Gasteiger partial charge in [0.15, 0.2) is 0 Å². The highest BCUT2D eigenvalue weighted by Gasteiger charge is 2.25. The van der Waals surface area contributed by atoms with Crippen molar-refractivity contribution in [3.8, 4) is 0 Å². The van der Waals surface area contributed by atoms with Crippen LogP contribution >= 0.6 is 0 Å². The average molecular weight is 300 g/mol. The standard InChI is InChI=1S/C16H16N2O2S/c1-12(2)16-17-14-10-6-7-11-15(14)18(16)21(19,20)13-8-4-3-5-9-13/h3-12H,1-2H3. The van der Waals surface area contributed by atoms with Crippen LogP contribution in [0.5, 0.6) is 0 Å². The summed E-state index contributed by atoms with van der Waals surface area (Å²) < 4.78 is 27.3. The fraction of sp³-hybridized carbons (Fsp3) is 0.188. The van der Waals surface area contributed by atoms with Gasteiger partial charge in [-0.05, 0) is 24.3 Å². The molecule has 0 amide bonds. The number of imidazole rings is 1. The van der Waals surface area contributed by atoms with Crippen LogP contribution in [0.15, 0.2) is 59.5 Å². The number of para-hydroxylation sites is 2. The Balaban J connectivity index is 2.36. The zero-order valence-corrected chi connectivity index (χ0v) is 12.7. The van der Waals surface area contributed by atoms with Gasteiger partial charge in [-0.2, -0.15) is 0 Å². The van der Waals surface area contributed by atoms with E-state index >= 15 is 0 Å². The van der Waals surface area contributed by atoms with E-state index in [2.05, 4.69) is 4.98 Å². The first-order valence-electron chi connectivity index (χ1n) is 6.80. The zero-order chi connectivity index (χ0) is 15.0. The number of benzene rings is 2. The van der Waals surface area contributed by atoms with Crippen LogP contribution in [-0.4, -0.2) is 17.4 Å². The smallest absolute Gasteiger partial charge is 0.232 e. The molecule has 0 unspecified atom stereocenters. The first-order valence-corrected chi connectivity index (χ1v) is 8.24. The molecule has 0 aliphatic rings. The van der Waals surface area contributed by atoms with Crippen LogP contribution < -0.4 is 0 Å². The van der Waals surface area contributed by atoms with Gasteiger partial charge in [0, 0.05) is 5.92 Å². The number of rotatable bonds is 3. The van der Waals surface area contributed by atoms with Gasteiger partial charge >= 0.3 is 0 Å². The molecule has 108 valence electrons. The lowest BCUT2D eigenvalue weighted by atomic mass is 10.2. The molecular weight excluding hydrogens is 284 g/mol. The van der Waals surface area contributed by atoms with Crippen molar-refractivity contribution in [3.05, 3.63) is 60.4 Å². The molecule has 1 heterocycles. The van der Waals surface area contributed by atoms with Crippen molar-refractivity contribution in [2.24, 2.45) is 0 Å². The van der Waals surface area contributed by atoms with E-state index in [9.17, 15) is 8.42 Å². The number of hydrogen-bond acceptors (Lipinski definition) is 3. The molecule has 0 spiro atoms. The minimum absolute atomic E-state index is 0.0101. The molecule has 0 aliphatic carbocycles. The molecule has 0 bridgehead atoms. The van der Waals surface area contributed by atoms with Gasteiger partial charge in [0.05, 0.1) is 15.9 Å². The van der Waals surface area contributed by atoms with Crippen molar-refractivity contribution < 1.29 is 8.42 Å². The molecular formula is C16H16N2O2S. The molecule has 5 heteroatoms. The average Bonchev–Trinajstić information content (AvgIpc) is 2.88. The molecule has 0 aliphatic heterocycles. The summed E-state index contributed by atoms with van der Waals surface area (Å²) in [7, 11) is -3.64. The summed E-state index contributed by atoms with van der Waals surface area (Å²) in [5.74, 6) is 0.566. The van der Waals surface area contributed by atoms with Gasteiger partial charge in [0.2, 0.25) is 0 Å². The summed E-state index contributed by atoms with van der Waals surface area (Å²) in [6.07, 6.45) is 0. The second kappa shape index (κ2) is 5.00. The minimum Gasteiger partial charge on any atom is -0.232 e. The second-order valence-corrected chi connectivity index (χ2v) is 6.98. The third-order valence-corrected chi connectivity index (χ3v) is 5.07. The topological polar surface area (TPSA) is 52.0 Å². The van der Waals surface area contributed by atoms with E-state index in [1.54, 1.807) is 36.4 Å². The van der Waals surface area contributed by atoms with Crippen molar-refractivity contribution in [2.75, 3.05) is 0 Å². The molecule has 4 nitrogen and oxygen atoms in total. The van der Waals surface area contributed by atoms with Crippen LogP contribution in [0.25, 0.3) is 11.0 Å². The molecule has 0 radical (unpaired) electrons. The largest absolute Gasteiger partial charge is 0.269 e. The van der Waals surface area contributed by atoms with Crippen molar-refractivity contribution in [1.82, 2.24) is 8.96 Å². The quantitative estimate of drug-likeness (QED) is 0.745. The van der Waals surface area contributed by atoms with E-state index in [1.807, 2.05) is 32.0 Å². The van der Waals surface area contributed by atoms with E-state index in [0.717, 1.165) is 0 Å². The summed E-state index contributed by atoms with van der Waals surface area (Å²) in [5, 5.41) is 0. The van der Waals surface area contributed by atoms with E-state index < -0.39 is 10.0 Å². The van der Waals surface area contributed by atoms with E-state index in [1.165, 1.54) is 3.97 Å². The minimum atomic E-state index is -3.64. The molecule has 3 aromatic rings. The number of aromatic nitrogens is 2. The van der Waals surface area contributed by atoms with Gasteiger partial charge in [-0.25, -0.2) is 17.4 Å². The van der Waals surface area contributed by atoms with Crippen molar-refractivity contribution >= 4 is 21.1 Å². The summed E-state index contributed by atoms with van der Waals surface area (Å²) in [5.41, 5.74) is 1.31. The van der Waals surface area contributed by atoms with Gasteiger partial charge < -0.3 is 0 Å². The Morgan fingerprint density at radius 3 is 2.24 bits per heavy atom. The molecule has 0 saturated heterocycles. The predicted molar refractivity (Wildman–Crippen MR) is 82.8 cm³/mol. The SMILES string of the molecule is CC(C)c1nc2ccccc2n1S(=O)(=O)c1ccccc1. The van der Waals surface area contributed by atoms with Gasteiger partial charge in [0.1, 0.15) is 5.82 Å². The van der Waals surface area contributed by atoms with Crippen LogP contribution in [0.1, 0.15) is 25.6 Å². The molecule has 21 heavy (non-hydrogen) atoms. The van der Waals surface area contributed by atoms with Crippen LogP contribution in [0.2, 0.25) is 0 Å². The Morgan fingerprint density at radius 1 is 0.952 bits per heavy atom.